The number of hydrazine groups is 1. The van der Waals surface area contributed by atoms with Crippen LogP contribution < -0.4 is 5.43 Å². The van der Waals surface area contributed by atoms with Crippen LogP contribution in [0.1, 0.15) is 26.4 Å². The molecule has 2 aromatic rings. The second kappa shape index (κ2) is 5.33. The Bertz CT molecular complexity index is 679. The van der Waals surface area contributed by atoms with Crippen molar-refractivity contribution in [2.75, 3.05) is 0 Å². The lowest BCUT2D eigenvalue weighted by Gasteiger charge is -2.16. The molecule has 8 heteroatoms. The molecule has 0 bridgehead atoms. The number of imidazole rings is 1. The maximum atomic E-state index is 12.1. The molecule has 1 aromatic carbocycles. The van der Waals surface area contributed by atoms with Crippen LogP contribution in [-0.4, -0.2) is 32.0 Å². The minimum absolute atomic E-state index is 0.0703. The molecule has 1 aromatic heterocycles. The number of aromatic nitrogens is 2. The number of H-pyrrole nitrogens is 1. The average molecular weight is 302 g/mol. The van der Waals surface area contributed by atoms with Gasteiger partial charge in [0.25, 0.3) is 17.0 Å². The Labute approximate surface area is 124 Å². The van der Waals surface area contributed by atoms with Gasteiger partial charge in [0.1, 0.15) is 6.61 Å². The van der Waals surface area contributed by atoms with Gasteiger partial charge in [-0.15, -0.1) is 0 Å². The Balaban J connectivity index is 1.65. The number of benzene rings is 1. The third-order valence-corrected chi connectivity index (χ3v) is 3.12. The molecule has 1 aliphatic rings. The van der Waals surface area contributed by atoms with Gasteiger partial charge in [-0.1, -0.05) is 12.1 Å². The lowest BCUT2D eigenvalue weighted by Crippen LogP contribution is -2.45. The minimum Gasteiger partial charge on any atom is -0.463 e. The molecule has 106 valence electrons. The second-order valence-electron chi connectivity index (χ2n) is 4.26. The zero-order chi connectivity index (χ0) is 14.8. The van der Waals surface area contributed by atoms with E-state index >= 15 is 0 Å². The molecule has 0 aliphatic carbocycles. The fourth-order valence-electron chi connectivity index (χ4n) is 1.92. The van der Waals surface area contributed by atoms with Crippen molar-refractivity contribution in [3.63, 3.8) is 0 Å². The quantitative estimate of drug-likeness (QED) is 0.650. The Morgan fingerprint density at radius 2 is 1.95 bits per heavy atom. The molecule has 3 rings (SSSR count). The summed E-state index contributed by atoms with van der Waals surface area (Å²) in [4.78, 5) is 30.9. The first-order valence-electron chi connectivity index (χ1n) is 6.05. The normalized spacial score (nSPS) is 13.2. The third-order valence-electron chi connectivity index (χ3n) is 2.91. The van der Waals surface area contributed by atoms with Crippen molar-refractivity contribution in [1.82, 2.24) is 20.4 Å². The number of thiocarbonyl (C=S) groups is 1. The highest BCUT2D eigenvalue weighted by atomic mass is 32.1. The Hall–Kier alpha value is -2.74. The fourth-order valence-corrected chi connectivity index (χ4v) is 2.07. The van der Waals surface area contributed by atoms with Crippen LogP contribution in [0.4, 0.5) is 0 Å². The van der Waals surface area contributed by atoms with Crippen LogP contribution in [-0.2, 0) is 11.3 Å². The van der Waals surface area contributed by atoms with Gasteiger partial charge in [0.2, 0.25) is 0 Å². The highest BCUT2D eigenvalue weighted by Gasteiger charge is 2.36. The molecule has 0 saturated carbocycles. The average Bonchev–Trinajstić information content (AvgIpc) is 3.09. The molecule has 1 aliphatic heterocycles. The number of aromatic amines is 1. The molecule has 0 fully saturated rings. The number of hydrogen-bond acceptors (Lipinski definition) is 5. The summed E-state index contributed by atoms with van der Waals surface area (Å²) >= 11 is 4.97. The van der Waals surface area contributed by atoms with Gasteiger partial charge in [-0.2, -0.15) is 5.01 Å². The molecule has 0 atom stereocenters. The first-order valence-corrected chi connectivity index (χ1v) is 6.46. The van der Waals surface area contributed by atoms with E-state index in [9.17, 15) is 9.59 Å². The van der Waals surface area contributed by atoms with E-state index in [-0.39, 0.29) is 11.8 Å². The van der Waals surface area contributed by atoms with E-state index in [0.717, 1.165) is 10.7 Å². The van der Waals surface area contributed by atoms with Crippen LogP contribution in [0, 0.1) is 0 Å². The number of amides is 2. The first-order chi connectivity index (χ1) is 10.2. The topological polar surface area (TPSA) is 87.3 Å². The molecular formula is C13H10N4O3S. The Morgan fingerprint density at radius 1 is 1.29 bits per heavy atom. The van der Waals surface area contributed by atoms with Crippen molar-refractivity contribution in [2.24, 2.45) is 0 Å². The van der Waals surface area contributed by atoms with Crippen LogP contribution in [0.5, 0.6) is 0 Å². The van der Waals surface area contributed by atoms with Gasteiger partial charge in [0.15, 0.2) is 0 Å². The number of nitrogens with zero attached hydrogens (tertiary/aromatic N) is 2. The van der Waals surface area contributed by atoms with Crippen molar-refractivity contribution >= 4 is 29.2 Å². The summed E-state index contributed by atoms with van der Waals surface area (Å²) in [6.07, 6.45) is 3.10. The molecule has 21 heavy (non-hydrogen) atoms. The van der Waals surface area contributed by atoms with Gasteiger partial charge >= 0.3 is 0 Å². The maximum Gasteiger partial charge on any atom is 0.280 e. The van der Waals surface area contributed by atoms with Crippen molar-refractivity contribution < 1.29 is 14.3 Å². The van der Waals surface area contributed by atoms with Gasteiger partial charge in [-0.05, 0) is 24.4 Å². The number of ether oxygens (including phenoxy) is 1. The van der Waals surface area contributed by atoms with Gasteiger partial charge in [-0.3, -0.25) is 9.59 Å². The molecule has 2 amide bonds. The van der Waals surface area contributed by atoms with Crippen molar-refractivity contribution in [3.8, 4) is 0 Å². The summed E-state index contributed by atoms with van der Waals surface area (Å²) < 4.78 is 5.25. The highest BCUT2D eigenvalue weighted by molar-refractivity contribution is 7.80. The van der Waals surface area contributed by atoms with Crippen molar-refractivity contribution in [3.05, 3.63) is 53.6 Å². The molecule has 0 spiro atoms. The number of imide groups is 1. The SMILES string of the molecule is O=C1c2ccccc2C(=O)N1NC(=S)OCc1cnc[nH]1. The van der Waals surface area contributed by atoms with Crippen LogP contribution in [0.25, 0.3) is 0 Å². The van der Waals surface area contributed by atoms with Crippen LogP contribution >= 0.6 is 12.2 Å². The summed E-state index contributed by atoms with van der Waals surface area (Å²) in [6, 6.07) is 6.57. The molecule has 0 unspecified atom stereocenters. The maximum absolute atomic E-state index is 12.1. The van der Waals surface area contributed by atoms with E-state index in [0.29, 0.717) is 11.1 Å². The minimum atomic E-state index is -0.455. The van der Waals surface area contributed by atoms with Gasteiger partial charge in [0, 0.05) is 0 Å². The lowest BCUT2D eigenvalue weighted by molar-refractivity contribution is 0.0594. The fraction of sp³-hybridized carbons (Fsp3) is 0.0769. The summed E-state index contributed by atoms with van der Waals surface area (Å²) in [7, 11) is 0. The highest BCUT2D eigenvalue weighted by Crippen LogP contribution is 2.20. The molecule has 2 heterocycles. The van der Waals surface area contributed by atoms with Crippen molar-refractivity contribution in [2.45, 2.75) is 6.61 Å². The van der Waals surface area contributed by atoms with E-state index in [2.05, 4.69) is 15.4 Å². The smallest absolute Gasteiger partial charge is 0.280 e. The summed E-state index contributed by atoms with van der Waals surface area (Å²) in [5, 5.41) is 0.777. The lowest BCUT2D eigenvalue weighted by atomic mass is 10.1. The standard InChI is InChI=1S/C13H10N4O3S/c18-11-9-3-1-2-4-10(9)12(19)17(11)16-13(21)20-6-8-5-14-7-15-8/h1-5,7H,6H2,(H,14,15)(H,16,21). The monoisotopic (exact) mass is 302 g/mol. The molecule has 2 N–H and O–H groups in total. The second-order valence-corrected chi connectivity index (χ2v) is 4.63. The zero-order valence-electron chi connectivity index (χ0n) is 10.7. The van der Waals surface area contributed by atoms with Gasteiger partial charge in [0.05, 0.1) is 29.3 Å². The molecular weight excluding hydrogens is 292 g/mol. The third kappa shape index (κ3) is 2.48. The van der Waals surface area contributed by atoms with E-state index in [1.165, 1.54) is 6.33 Å². The predicted molar refractivity (Wildman–Crippen MR) is 76.1 cm³/mol. The van der Waals surface area contributed by atoms with Crippen LogP contribution in [0.3, 0.4) is 0 Å². The summed E-state index contributed by atoms with van der Waals surface area (Å²) in [6.45, 7) is 0.162. The number of rotatable bonds is 3. The molecule has 0 radical (unpaired) electrons. The summed E-state index contributed by atoms with van der Waals surface area (Å²) in [5.41, 5.74) is 3.90. The van der Waals surface area contributed by atoms with Crippen molar-refractivity contribution in [1.29, 1.82) is 0 Å². The van der Waals surface area contributed by atoms with Crippen LogP contribution in [0.15, 0.2) is 36.8 Å². The number of carbonyl (C=O) groups is 2. The number of carbonyl (C=O) groups excluding carboxylic acids is 2. The van der Waals surface area contributed by atoms with E-state index in [1.54, 1.807) is 30.5 Å². The van der Waals surface area contributed by atoms with E-state index in [1.807, 2.05) is 0 Å². The van der Waals surface area contributed by atoms with E-state index < -0.39 is 11.8 Å². The zero-order valence-corrected chi connectivity index (χ0v) is 11.5. The largest absolute Gasteiger partial charge is 0.463 e. The molecule has 0 saturated heterocycles. The molecule has 7 nitrogen and oxygen atoms in total. The Morgan fingerprint density at radius 3 is 2.52 bits per heavy atom. The first kappa shape index (κ1) is 13.3. The van der Waals surface area contributed by atoms with Gasteiger partial charge in [-0.25, -0.2) is 10.4 Å². The van der Waals surface area contributed by atoms with Gasteiger partial charge < -0.3 is 9.72 Å². The Kier molecular flexibility index (Phi) is 3.36. The van der Waals surface area contributed by atoms with E-state index in [4.69, 9.17) is 17.0 Å². The number of hydrogen-bond donors (Lipinski definition) is 2. The summed E-state index contributed by atoms with van der Waals surface area (Å²) in [5.74, 6) is -0.911. The predicted octanol–water partition coefficient (Wildman–Crippen LogP) is 1.01. The van der Waals surface area contributed by atoms with Crippen LogP contribution in [0.2, 0.25) is 0 Å². The number of nitrogens with one attached hydrogen (secondary N) is 2. The number of fused-ring (bicyclic) bond motifs is 1.